The molecule has 10 heteroatoms. The molecular weight excluding hydrogens is 286 g/mol. The summed E-state index contributed by atoms with van der Waals surface area (Å²) in [6.07, 6.45) is -5.73. The Kier molecular flexibility index (Phi) is 2.79. The maximum atomic E-state index is 13.3. The molecule has 2 atom stereocenters. The first-order valence-electron chi connectivity index (χ1n) is 4.19. The summed E-state index contributed by atoms with van der Waals surface area (Å²) in [6, 6.07) is 0. The Hall–Kier alpha value is -0.960. The molecule has 0 bridgehead atoms. The molecule has 0 saturated heterocycles. The van der Waals surface area contributed by atoms with Crippen LogP contribution in [0.3, 0.4) is 0 Å². The van der Waals surface area contributed by atoms with E-state index in [1.165, 1.54) is 0 Å². The monoisotopic (exact) mass is 290 g/mol. The molecule has 0 heterocycles. The van der Waals surface area contributed by atoms with E-state index in [2.05, 4.69) is 6.58 Å². The first-order valence-corrected chi connectivity index (χ1v) is 4.19. The Balaban J connectivity index is 3.65. The molecule has 1 aliphatic rings. The van der Waals surface area contributed by atoms with Gasteiger partial charge in [-0.3, -0.25) is 0 Å². The highest BCUT2D eigenvalue weighted by molar-refractivity contribution is 5.27. The Morgan fingerprint density at radius 2 is 1.11 bits per heavy atom. The fourth-order valence-electron chi connectivity index (χ4n) is 1.46. The van der Waals surface area contributed by atoms with Gasteiger partial charge in [-0.25, -0.2) is 8.78 Å². The molecule has 0 aromatic rings. The zero-order valence-corrected chi connectivity index (χ0v) is 8.14. The number of hydrogen-bond donors (Lipinski definition) is 0. The summed E-state index contributed by atoms with van der Waals surface area (Å²) in [7, 11) is 0. The summed E-state index contributed by atoms with van der Waals surface area (Å²) in [5, 5.41) is 0. The molecular formula is C8H4F10. The molecule has 0 amide bonds. The van der Waals surface area contributed by atoms with Crippen LogP contribution in [0.25, 0.3) is 0 Å². The van der Waals surface area contributed by atoms with Crippen molar-refractivity contribution in [2.75, 3.05) is 0 Å². The summed E-state index contributed by atoms with van der Waals surface area (Å²) in [4.78, 5) is 0. The van der Waals surface area contributed by atoms with Crippen LogP contribution in [0.15, 0.2) is 12.7 Å². The van der Waals surface area contributed by atoms with Gasteiger partial charge in [-0.1, -0.05) is 6.58 Å². The number of hydrogen-bond acceptors (Lipinski definition) is 0. The van der Waals surface area contributed by atoms with Crippen LogP contribution >= 0.6 is 0 Å². The second-order valence-electron chi connectivity index (χ2n) is 3.68. The van der Waals surface area contributed by atoms with Gasteiger partial charge >= 0.3 is 23.7 Å². The quantitative estimate of drug-likeness (QED) is 0.509. The van der Waals surface area contributed by atoms with E-state index in [1.54, 1.807) is 0 Å². The van der Waals surface area contributed by atoms with Crippen molar-refractivity contribution in [2.45, 2.75) is 35.5 Å². The highest BCUT2D eigenvalue weighted by Crippen LogP contribution is 2.65. The SMILES string of the molecule is C=CC1(F)C(F)C(F)(F)C(F)(F)C(F)(F)C1(F)F. The van der Waals surface area contributed by atoms with Crippen LogP contribution in [0, 0.1) is 0 Å². The van der Waals surface area contributed by atoms with Crippen LogP contribution in [0.2, 0.25) is 0 Å². The third kappa shape index (κ3) is 1.18. The minimum absolute atomic E-state index is 0.866. The van der Waals surface area contributed by atoms with Gasteiger partial charge in [0.05, 0.1) is 0 Å². The van der Waals surface area contributed by atoms with Gasteiger partial charge in [-0.2, -0.15) is 35.1 Å². The van der Waals surface area contributed by atoms with Gasteiger partial charge in [0.25, 0.3) is 0 Å². The molecule has 18 heavy (non-hydrogen) atoms. The van der Waals surface area contributed by atoms with E-state index in [1.807, 2.05) is 0 Å². The zero-order valence-electron chi connectivity index (χ0n) is 8.14. The predicted molar refractivity (Wildman–Crippen MR) is 38.7 cm³/mol. The number of rotatable bonds is 1. The van der Waals surface area contributed by atoms with Gasteiger partial charge < -0.3 is 0 Å². The molecule has 0 radical (unpaired) electrons. The van der Waals surface area contributed by atoms with Gasteiger partial charge in [-0.05, 0) is 6.08 Å². The largest absolute Gasteiger partial charge is 0.382 e. The molecule has 1 saturated carbocycles. The summed E-state index contributed by atoms with van der Waals surface area (Å²) >= 11 is 0. The summed E-state index contributed by atoms with van der Waals surface area (Å²) in [5.74, 6) is -26.2. The average Bonchev–Trinajstić information content (AvgIpc) is 2.24. The molecule has 0 N–H and O–H groups in total. The van der Waals surface area contributed by atoms with Gasteiger partial charge in [0.1, 0.15) is 0 Å². The van der Waals surface area contributed by atoms with Crippen molar-refractivity contribution in [3.05, 3.63) is 12.7 Å². The van der Waals surface area contributed by atoms with Crippen molar-refractivity contribution in [3.63, 3.8) is 0 Å². The molecule has 1 aliphatic carbocycles. The van der Waals surface area contributed by atoms with Crippen molar-refractivity contribution in [2.24, 2.45) is 0 Å². The molecule has 0 aromatic carbocycles. The first-order chi connectivity index (χ1) is 7.72. The first kappa shape index (κ1) is 15.1. The average molecular weight is 290 g/mol. The Morgan fingerprint density at radius 3 is 1.44 bits per heavy atom. The lowest BCUT2D eigenvalue weighted by Crippen LogP contribution is -2.79. The third-order valence-corrected chi connectivity index (χ3v) is 2.67. The maximum Gasteiger partial charge on any atom is 0.382 e. The van der Waals surface area contributed by atoms with Crippen molar-refractivity contribution in [1.82, 2.24) is 0 Å². The standard InChI is InChI=1S/C8H4F10/c1-2-4(10)3(9)5(11,12)7(15,16)8(17,18)6(4,13)14/h2-3H,1H2. The Labute approximate surface area is 93.3 Å². The topological polar surface area (TPSA) is 0 Å². The van der Waals surface area contributed by atoms with Crippen molar-refractivity contribution >= 4 is 0 Å². The van der Waals surface area contributed by atoms with Crippen molar-refractivity contribution in [3.8, 4) is 0 Å². The molecule has 0 spiro atoms. The molecule has 0 aliphatic heterocycles. The molecule has 2 unspecified atom stereocenters. The lowest BCUT2D eigenvalue weighted by Gasteiger charge is -2.49. The summed E-state index contributed by atoms with van der Waals surface area (Å²) in [6.45, 7) is 2.17. The number of alkyl halides is 10. The van der Waals surface area contributed by atoms with E-state index in [9.17, 15) is 43.9 Å². The van der Waals surface area contributed by atoms with E-state index in [-0.39, 0.29) is 0 Å². The fourth-order valence-corrected chi connectivity index (χ4v) is 1.46. The van der Waals surface area contributed by atoms with Gasteiger partial charge in [0, 0.05) is 0 Å². The normalized spacial score (nSPS) is 40.2. The van der Waals surface area contributed by atoms with E-state index in [4.69, 9.17) is 0 Å². The highest BCUT2D eigenvalue weighted by Gasteiger charge is 2.94. The van der Waals surface area contributed by atoms with Crippen LogP contribution in [-0.4, -0.2) is 35.5 Å². The lowest BCUT2D eigenvalue weighted by molar-refractivity contribution is -0.434. The van der Waals surface area contributed by atoms with Gasteiger partial charge in [0.2, 0.25) is 11.8 Å². The second-order valence-corrected chi connectivity index (χ2v) is 3.68. The fraction of sp³-hybridized carbons (Fsp3) is 0.750. The van der Waals surface area contributed by atoms with E-state index < -0.39 is 41.6 Å². The van der Waals surface area contributed by atoms with Gasteiger partial charge in [0.15, 0.2) is 0 Å². The molecule has 1 rings (SSSR count). The molecule has 1 fully saturated rings. The van der Waals surface area contributed by atoms with Crippen molar-refractivity contribution in [1.29, 1.82) is 0 Å². The molecule has 0 nitrogen and oxygen atoms in total. The van der Waals surface area contributed by atoms with Crippen LogP contribution in [0.1, 0.15) is 0 Å². The highest BCUT2D eigenvalue weighted by atomic mass is 19.4. The minimum atomic E-state index is -6.78. The van der Waals surface area contributed by atoms with Crippen LogP contribution in [0.5, 0.6) is 0 Å². The van der Waals surface area contributed by atoms with Crippen molar-refractivity contribution < 1.29 is 43.9 Å². The summed E-state index contributed by atoms with van der Waals surface area (Å²) < 4.78 is 128. The second kappa shape index (κ2) is 3.32. The maximum absolute atomic E-state index is 13.3. The number of allylic oxidation sites excluding steroid dienone is 1. The minimum Gasteiger partial charge on any atom is -0.236 e. The Bertz CT molecular complexity index is 372. The van der Waals surface area contributed by atoms with E-state index in [0.717, 1.165) is 0 Å². The van der Waals surface area contributed by atoms with E-state index >= 15 is 0 Å². The van der Waals surface area contributed by atoms with Crippen LogP contribution < -0.4 is 0 Å². The molecule has 0 aromatic heterocycles. The third-order valence-electron chi connectivity index (χ3n) is 2.67. The van der Waals surface area contributed by atoms with Crippen LogP contribution in [-0.2, 0) is 0 Å². The number of halogens is 10. The summed E-state index contributed by atoms with van der Waals surface area (Å²) in [5.41, 5.74) is -5.32. The predicted octanol–water partition coefficient (Wildman–Crippen LogP) is 3.77. The Morgan fingerprint density at radius 1 is 0.722 bits per heavy atom. The van der Waals surface area contributed by atoms with E-state index in [0.29, 0.717) is 0 Å². The lowest BCUT2D eigenvalue weighted by atomic mass is 9.74. The molecule has 106 valence electrons. The van der Waals surface area contributed by atoms with Gasteiger partial charge in [-0.15, -0.1) is 0 Å². The smallest absolute Gasteiger partial charge is 0.236 e. The van der Waals surface area contributed by atoms with Crippen LogP contribution in [0.4, 0.5) is 43.9 Å². The zero-order chi connectivity index (χ0) is 14.8.